The molecular weight excluding hydrogens is 284 g/mol. The van der Waals surface area contributed by atoms with Crippen molar-refractivity contribution in [2.24, 2.45) is 0 Å². The van der Waals surface area contributed by atoms with Crippen molar-refractivity contribution in [2.75, 3.05) is 11.9 Å². The van der Waals surface area contributed by atoms with Crippen molar-refractivity contribution in [1.29, 1.82) is 0 Å². The summed E-state index contributed by atoms with van der Waals surface area (Å²) in [5, 5.41) is 6.94. The molecule has 21 heavy (non-hydrogen) atoms. The molecule has 2 rings (SSSR count). The Kier molecular flexibility index (Phi) is 5.64. The van der Waals surface area contributed by atoms with Gasteiger partial charge in [-0.25, -0.2) is 0 Å². The van der Waals surface area contributed by atoms with Gasteiger partial charge in [-0.05, 0) is 24.1 Å². The lowest BCUT2D eigenvalue weighted by Gasteiger charge is -2.19. The third-order valence-corrected chi connectivity index (χ3v) is 3.47. The number of amides is 1. The van der Waals surface area contributed by atoms with Crippen molar-refractivity contribution in [3.05, 3.63) is 65.2 Å². The second-order valence-corrected chi connectivity index (χ2v) is 5.36. The van der Waals surface area contributed by atoms with Gasteiger partial charge in [0.15, 0.2) is 0 Å². The Morgan fingerprint density at radius 3 is 2.43 bits per heavy atom. The number of halogens is 1. The largest absolute Gasteiger partial charge is 0.382 e. The molecule has 0 spiro atoms. The van der Waals surface area contributed by atoms with Gasteiger partial charge in [-0.1, -0.05) is 54.1 Å². The summed E-state index contributed by atoms with van der Waals surface area (Å²) in [5.74, 6) is -0.0307. The Balaban J connectivity index is 1.99. The van der Waals surface area contributed by atoms with Crippen LogP contribution in [0.5, 0.6) is 0 Å². The van der Waals surface area contributed by atoms with E-state index in [9.17, 15) is 4.79 Å². The molecule has 0 aliphatic carbocycles. The molecule has 2 N–H and O–H groups in total. The number of nitrogens with one attached hydrogen (secondary N) is 2. The van der Waals surface area contributed by atoms with Crippen molar-refractivity contribution >= 4 is 23.2 Å². The molecule has 0 saturated heterocycles. The van der Waals surface area contributed by atoms with Crippen LogP contribution >= 0.6 is 11.6 Å². The molecule has 2 aromatic rings. The van der Waals surface area contributed by atoms with E-state index in [0.29, 0.717) is 11.6 Å². The SMILES string of the molecule is CC(=O)NC(CNc1ccccc1Cl)Cc1ccccc1. The van der Waals surface area contributed by atoms with Gasteiger partial charge in [-0.15, -0.1) is 0 Å². The van der Waals surface area contributed by atoms with Gasteiger partial charge in [0.25, 0.3) is 0 Å². The Morgan fingerprint density at radius 1 is 1.10 bits per heavy atom. The minimum atomic E-state index is -0.0307. The van der Waals surface area contributed by atoms with Crippen LogP contribution in [0.25, 0.3) is 0 Å². The lowest BCUT2D eigenvalue weighted by Crippen LogP contribution is -2.40. The Bertz CT molecular complexity index is 586. The third kappa shape index (κ3) is 5.12. The monoisotopic (exact) mass is 302 g/mol. The zero-order valence-electron chi connectivity index (χ0n) is 12.0. The van der Waals surface area contributed by atoms with Gasteiger partial charge in [0, 0.05) is 13.5 Å². The zero-order valence-corrected chi connectivity index (χ0v) is 12.7. The number of hydrogen-bond acceptors (Lipinski definition) is 2. The van der Waals surface area contributed by atoms with Gasteiger partial charge in [0.05, 0.1) is 16.8 Å². The third-order valence-electron chi connectivity index (χ3n) is 3.15. The standard InChI is InChI=1S/C17H19ClN2O/c1-13(21)20-15(11-14-7-3-2-4-8-14)12-19-17-10-6-5-9-16(17)18/h2-10,15,19H,11-12H2,1H3,(H,20,21). The summed E-state index contributed by atoms with van der Waals surface area (Å²) in [7, 11) is 0. The first-order chi connectivity index (χ1) is 10.1. The fourth-order valence-electron chi connectivity index (χ4n) is 2.20. The first kappa shape index (κ1) is 15.4. The molecular formula is C17H19ClN2O. The number of hydrogen-bond donors (Lipinski definition) is 2. The van der Waals surface area contributed by atoms with Crippen LogP contribution in [0, 0.1) is 0 Å². The second kappa shape index (κ2) is 7.70. The molecule has 2 aromatic carbocycles. The topological polar surface area (TPSA) is 41.1 Å². The summed E-state index contributed by atoms with van der Waals surface area (Å²) >= 11 is 6.12. The molecule has 0 heterocycles. The Labute approximate surface area is 130 Å². The number of carbonyl (C=O) groups excluding carboxylic acids is 1. The summed E-state index contributed by atoms with van der Waals surface area (Å²) < 4.78 is 0. The van der Waals surface area contributed by atoms with Crippen LogP contribution in [0.15, 0.2) is 54.6 Å². The maximum atomic E-state index is 11.4. The number of carbonyl (C=O) groups is 1. The lowest BCUT2D eigenvalue weighted by molar-refractivity contribution is -0.119. The maximum Gasteiger partial charge on any atom is 0.217 e. The number of rotatable bonds is 6. The van der Waals surface area contributed by atoms with Crippen molar-refractivity contribution in [2.45, 2.75) is 19.4 Å². The Hall–Kier alpha value is -2.00. The predicted molar refractivity (Wildman–Crippen MR) is 87.7 cm³/mol. The van der Waals surface area contributed by atoms with Crippen LogP contribution in [0.1, 0.15) is 12.5 Å². The minimum Gasteiger partial charge on any atom is -0.382 e. The summed E-state index contributed by atoms with van der Waals surface area (Å²) in [4.78, 5) is 11.4. The lowest BCUT2D eigenvalue weighted by atomic mass is 10.1. The molecule has 0 aliphatic heterocycles. The smallest absolute Gasteiger partial charge is 0.217 e. The van der Waals surface area contributed by atoms with Crippen molar-refractivity contribution in [3.63, 3.8) is 0 Å². The van der Waals surface area contributed by atoms with Crippen LogP contribution in [0.2, 0.25) is 5.02 Å². The zero-order chi connectivity index (χ0) is 15.1. The molecule has 0 saturated carbocycles. The highest BCUT2D eigenvalue weighted by molar-refractivity contribution is 6.33. The number of anilines is 1. The molecule has 4 heteroatoms. The van der Waals surface area contributed by atoms with Crippen molar-refractivity contribution in [1.82, 2.24) is 5.32 Å². The van der Waals surface area contributed by atoms with Crippen LogP contribution in [-0.2, 0) is 11.2 Å². The van der Waals surface area contributed by atoms with E-state index in [0.717, 1.165) is 12.1 Å². The number of para-hydroxylation sites is 1. The summed E-state index contributed by atoms with van der Waals surface area (Å²) in [6, 6.07) is 17.7. The molecule has 110 valence electrons. The van der Waals surface area contributed by atoms with E-state index < -0.39 is 0 Å². The molecule has 3 nitrogen and oxygen atoms in total. The number of benzene rings is 2. The fourth-order valence-corrected chi connectivity index (χ4v) is 2.40. The fraction of sp³-hybridized carbons (Fsp3) is 0.235. The highest BCUT2D eigenvalue weighted by Gasteiger charge is 2.11. The minimum absolute atomic E-state index is 0.0150. The van der Waals surface area contributed by atoms with Gasteiger partial charge in [0.2, 0.25) is 5.91 Å². The van der Waals surface area contributed by atoms with E-state index in [4.69, 9.17) is 11.6 Å². The average molecular weight is 303 g/mol. The van der Waals surface area contributed by atoms with Crippen LogP contribution in [0.4, 0.5) is 5.69 Å². The molecule has 1 atom stereocenters. The summed E-state index contributed by atoms with van der Waals surface area (Å²) in [5.41, 5.74) is 2.07. The van der Waals surface area contributed by atoms with Gasteiger partial charge in [-0.3, -0.25) is 4.79 Å². The van der Waals surface area contributed by atoms with Gasteiger partial charge >= 0.3 is 0 Å². The van der Waals surface area contributed by atoms with E-state index in [1.807, 2.05) is 42.5 Å². The Morgan fingerprint density at radius 2 is 1.76 bits per heavy atom. The molecule has 0 bridgehead atoms. The quantitative estimate of drug-likeness (QED) is 0.857. The summed E-state index contributed by atoms with van der Waals surface area (Å²) in [6.45, 7) is 2.16. The van der Waals surface area contributed by atoms with E-state index in [1.54, 1.807) is 0 Å². The molecule has 0 aliphatic rings. The maximum absolute atomic E-state index is 11.4. The molecule has 1 unspecified atom stereocenters. The van der Waals surface area contributed by atoms with Gasteiger partial charge in [0.1, 0.15) is 0 Å². The average Bonchev–Trinajstić information content (AvgIpc) is 2.46. The highest BCUT2D eigenvalue weighted by atomic mass is 35.5. The van der Waals surface area contributed by atoms with Gasteiger partial charge < -0.3 is 10.6 Å². The van der Waals surface area contributed by atoms with E-state index >= 15 is 0 Å². The molecule has 1 amide bonds. The van der Waals surface area contributed by atoms with Crippen molar-refractivity contribution in [3.8, 4) is 0 Å². The molecule has 0 fully saturated rings. The van der Waals surface area contributed by atoms with E-state index in [-0.39, 0.29) is 11.9 Å². The first-order valence-electron chi connectivity index (χ1n) is 6.94. The summed E-state index contributed by atoms with van der Waals surface area (Å²) in [6.07, 6.45) is 0.776. The van der Waals surface area contributed by atoms with E-state index in [2.05, 4.69) is 22.8 Å². The highest BCUT2D eigenvalue weighted by Crippen LogP contribution is 2.20. The molecule has 0 aromatic heterocycles. The van der Waals surface area contributed by atoms with Crippen LogP contribution < -0.4 is 10.6 Å². The van der Waals surface area contributed by atoms with Crippen LogP contribution in [0.3, 0.4) is 0 Å². The van der Waals surface area contributed by atoms with E-state index in [1.165, 1.54) is 12.5 Å². The molecule has 0 radical (unpaired) electrons. The second-order valence-electron chi connectivity index (χ2n) is 4.95. The predicted octanol–water partition coefficient (Wildman–Crippen LogP) is 3.50. The normalized spacial score (nSPS) is 11.7. The van der Waals surface area contributed by atoms with Crippen molar-refractivity contribution < 1.29 is 4.79 Å². The van der Waals surface area contributed by atoms with Gasteiger partial charge in [-0.2, -0.15) is 0 Å². The van der Waals surface area contributed by atoms with Crippen LogP contribution in [-0.4, -0.2) is 18.5 Å². The first-order valence-corrected chi connectivity index (χ1v) is 7.32.